The summed E-state index contributed by atoms with van der Waals surface area (Å²) in [6.07, 6.45) is -4.54. The summed E-state index contributed by atoms with van der Waals surface area (Å²) in [5.41, 5.74) is 8.11. The number of nitrogen functional groups attached to an aromatic ring is 1. The van der Waals surface area contributed by atoms with Crippen LogP contribution in [0.3, 0.4) is 0 Å². The number of nitrogens with one attached hydrogen (secondary N) is 1. The van der Waals surface area contributed by atoms with E-state index in [9.17, 15) is 18.0 Å². The lowest BCUT2D eigenvalue weighted by atomic mass is 10.1. The highest BCUT2D eigenvalue weighted by Gasteiger charge is 2.32. The van der Waals surface area contributed by atoms with Crippen molar-refractivity contribution in [3.05, 3.63) is 95.6 Å². The number of rotatable bonds is 4. The minimum atomic E-state index is -4.54. The van der Waals surface area contributed by atoms with Crippen LogP contribution in [0.15, 0.2) is 78.9 Å². The zero-order valence-corrected chi connectivity index (χ0v) is 18.5. The van der Waals surface area contributed by atoms with Crippen LogP contribution in [0.4, 0.5) is 19.0 Å². The molecule has 0 aliphatic rings. The highest BCUT2D eigenvalue weighted by Crippen LogP contribution is 2.34. The third kappa shape index (κ3) is 4.05. The van der Waals surface area contributed by atoms with Crippen molar-refractivity contribution in [2.75, 3.05) is 5.73 Å². The molecule has 0 saturated carbocycles. The molecule has 5 rings (SSSR count). The lowest BCUT2D eigenvalue weighted by Gasteiger charge is -2.14. The maximum atomic E-state index is 13.4. The number of halogens is 3. The summed E-state index contributed by atoms with van der Waals surface area (Å²) in [5.74, 6) is -0.549. The zero-order chi connectivity index (χ0) is 24.7. The molecule has 2 heterocycles. The van der Waals surface area contributed by atoms with Crippen molar-refractivity contribution in [1.29, 1.82) is 0 Å². The highest BCUT2D eigenvalue weighted by atomic mass is 19.4. The van der Waals surface area contributed by atoms with Gasteiger partial charge in [0.1, 0.15) is 16.9 Å². The van der Waals surface area contributed by atoms with Crippen LogP contribution < -0.4 is 11.1 Å². The average molecular weight is 475 g/mol. The summed E-state index contributed by atoms with van der Waals surface area (Å²) >= 11 is 0. The number of carbonyl (C=O) groups is 1. The Morgan fingerprint density at radius 1 is 0.943 bits per heavy atom. The predicted octanol–water partition coefficient (Wildman–Crippen LogP) is 5.67. The van der Waals surface area contributed by atoms with Crippen molar-refractivity contribution in [3.8, 4) is 5.69 Å². The van der Waals surface area contributed by atoms with E-state index in [0.29, 0.717) is 11.0 Å². The average Bonchev–Trinajstić information content (AvgIpc) is 3.13. The summed E-state index contributed by atoms with van der Waals surface area (Å²) in [6, 6.07) is 20.8. The van der Waals surface area contributed by atoms with Gasteiger partial charge in [0, 0.05) is 5.69 Å². The van der Waals surface area contributed by atoms with E-state index in [4.69, 9.17) is 5.73 Å². The number of nitrogens with two attached hydrogens (primary N) is 1. The van der Waals surface area contributed by atoms with E-state index >= 15 is 0 Å². The van der Waals surface area contributed by atoms with Gasteiger partial charge in [0.2, 0.25) is 0 Å². The molecule has 9 heteroatoms. The van der Waals surface area contributed by atoms with Crippen LogP contribution in [0.1, 0.15) is 34.5 Å². The molecule has 0 aliphatic heterocycles. The van der Waals surface area contributed by atoms with Crippen LogP contribution in [-0.2, 0) is 6.18 Å². The van der Waals surface area contributed by atoms with Gasteiger partial charge in [-0.25, -0.2) is 9.97 Å². The van der Waals surface area contributed by atoms with Crippen molar-refractivity contribution < 1.29 is 18.0 Å². The molecule has 6 nitrogen and oxygen atoms in total. The van der Waals surface area contributed by atoms with Crippen molar-refractivity contribution in [3.63, 3.8) is 0 Å². The number of anilines is 1. The topological polar surface area (TPSA) is 85.8 Å². The number of carbonyl (C=O) groups excluding carboxylic acids is 1. The number of hydrogen-bond acceptors (Lipinski definition) is 4. The van der Waals surface area contributed by atoms with Gasteiger partial charge in [-0.1, -0.05) is 48.5 Å². The Hall–Kier alpha value is -4.40. The van der Waals surface area contributed by atoms with Crippen molar-refractivity contribution in [2.24, 2.45) is 0 Å². The number of hydrogen-bond donors (Lipinski definition) is 2. The van der Waals surface area contributed by atoms with Gasteiger partial charge in [0.25, 0.3) is 5.91 Å². The van der Waals surface area contributed by atoms with Crippen LogP contribution in [0, 0.1) is 0 Å². The Kier molecular flexibility index (Phi) is 5.39. The minimum absolute atomic E-state index is 0.0487. The Morgan fingerprint density at radius 3 is 2.29 bits per heavy atom. The maximum absolute atomic E-state index is 13.4. The standard InChI is InChI=1S/C26H20F3N5O/c1-15(16-8-3-2-4-9-16)31-25(35)21-22-24(33-20-13-6-5-12-19(20)32-22)34(23(21)30)18-11-7-10-17(14-18)26(27,28)29/h2-15H,30H2,1H3,(H,31,35). The van der Waals surface area contributed by atoms with Crippen molar-refractivity contribution >= 4 is 33.9 Å². The normalized spacial score (nSPS) is 12.7. The van der Waals surface area contributed by atoms with Gasteiger partial charge in [-0.3, -0.25) is 9.36 Å². The molecule has 2 aromatic heterocycles. The molecule has 1 unspecified atom stereocenters. The molecule has 35 heavy (non-hydrogen) atoms. The summed E-state index contributed by atoms with van der Waals surface area (Å²) in [7, 11) is 0. The molecule has 0 bridgehead atoms. The second-order valence-electron chi connectivity index (χ2n) is 8.13. The quantitative estimate of drug-likeness (QED) is 0.351. The molecule has 1 amide bonds. The maximum Gasteiger partial charge on any atom is 0.416 e. The summed E-state index contributed by atoms with van der Waals surface area (Å²) in [4.78, 5) is 22.6. The lowest BCUT2D eigenvalue weighted by Crippen LogP contribution is -2.27. The predicted molar refractivity (Wildman–Crippen MR) is 128 cm³/mol. The first-order valence-electron chi connectivity index (χ1n) is 10.8. The number of nitrogens with zero attached hydrogens (tertiary/aromatic N) is 3. The largest absolute Gasteiger partial charge is 0.416 e. The van der Waals surface area contributed by atoms with E-state index in [-0.39, 0.29) is 34.3 Å². The summed E-state index contributed by atoms with van der Waals surface area (Å²) in [5, 5.41) is 2.91. The summed E-state index contributed by atoms with van der Waals surface area (Å²) in [6.45, 7) is 1.83. The van der Waals surface area contributed by atoms with Gasteiger partial charge < -0.3 is 11.1 Å². The third-order valence-electron chi connectivity index (χ3n) is 5.80. The van der Waals surface area contributed by atoms with Crippen LogP contribution in [-0.4, -0.2) is 20.4 Å². The molecule has 5 aromatic rings. The number of aromatic nitrogens is 3. The first kappa shape index (κ1) is 22.4. The van der Waals surface area contributed by atoms with Crippen LogP contribution >= 0.6 is 0 Å². The minimum Gasteiger partial charge on any atom is -0.384 e. The Labute approximate surface area is 198 Å². The third-order valence-corrected chi connectivity index (χ3v) is 5.80. The van der Waals surface area contributed by atoms with E-state index < -0.39 is 17.6 Å². The van der Waals surface area contributed by atoms with Crippen molar-refractivity contribution in [2.45, 2.75) is 19.1 Å². The van der Waals surface area contributed by atoms with Crippen LogP contribution in [0.25, 0.3) is 27.9 Å². The highest BCUT2D eigenvalue weighted by molar-refractivity contribution is 6.11. The molecule has 3 aromatic carbocycles. The second kappa shape index (κ2) is 8.43. The molecule has 0 aliphatic carbocycles. The van der Waals surface area contributed by atoms with Crippen LogP contribution in [0.5, 0.6) is 0 Å². The monoisotopic (exact) mass is 475 g/mol. The van der Waals surface area contributed by atoms with Gasteiger partial charge in [-0.2, -0.15) is 13.2 Å². The molecule has 0 radical (unpaired) electrons. The van der Waals surface area contributed by atoms with Gasteiger partial charge in [0.05, 0.1) is 22.6 Å². The fourth-order valence-corrected chi connectivity index (χ4v) is 4.06. The van der Waals surface area contributed by atoms with Crippen molar-refractivity contribution in [1.82, 2.24) is 19.9 Å². The van der Waals surface area contributed by atoms with Gasteiger partial charge in [0.15, 0.2) is 5.65 Å². The number of fused-ring (bicyclic) bond motifs is 2. The zero-order valence-electron chi connectivity index (χ0n) is 18.5. The van der Waals surface area contributed by atoms with E-state index in [0.717, 1.165) is 17.7 Å². The smallest absolute Gasteiger partial charge is 0.384 e. The summed E-state index contributed by atoms with van der Waals surface area (Å²) < 4.78 is 41.6. The Bertz CT molecular complexity index is 1560. The van der Waals surface area contributed by atoms with E-state index in [2.05, 4.69) is 15.3 Å². The number of amides is 1. The van der Waals surface area contributed by atoms with Gasteiger partial charge in [-0.15, -0.1) is 0 Å². The number of benzene rings is 3. The number of para-hydroxylation sites is 2. The fraction of sp³-hybridized carbons (Fsp3) is 0.115. The molecule has 0 saturated heterocycles. The van der Waals surface area contributed by atoms with Crippen LogP contribution in [0.2, 0.25) is 0 Å². The van der Waals surface area contributed by atoms with E-state index in [1.165, 1.54) is 16.7 Å². The molecule has 176 valence electrons. The molecule has 0 fully saturated rings. The molecular formula is C26H20F3N5O. The molecular weight excluding hydrogens is 455 g/mol. The first-order chi connectivity index (χ1) is 16.7. The van der Waals surface area contributed by atoms with Gasteiger partial charge in [-0.05, 0) is 42.8 Å². The first-order valence-corrected chi connectivity index (χ1v) is 10.8. The van der Waals surface area contributed by atoms with E-state index in [1.54, 1.807) is 24.3 Å². The molecule has 1 atom stereocenters. The SMILES string of the molecule is CC(NC(=O)c1c(N)n(-c2cccc(C(F)(F)F)c2)c2nc3ccccc3nc12)c1ccccc1. The molecule has 0 spiro atoms. The van der Waals surface area contributed by atoms with Gasteiger partial charge >= 0.3 is 6.18 Å². The molecule has 3 N–H and O–H groups in total. The Morgan fingerprint density at radius 2 is 1.60 bits per heavy atom. The fourth-order valence-electron chi connectivity index (χ4n) is 4.06. The lowest BCUT2D eigenvalue weighted by molar-refractivity contribution is -0.137. The number of alkyl halides is 3. The van der Waals surface area contributed by atoms with E-state index in [1.807, 2.05) is 37.3 Å². The Balaban J connectivity index is 1.70. The second-order valence-corrected chi connectivity index (χ2v) is 8.13.